The van der Waals surface area contributed by atoms with Crippen molar-refractivity contribution in [2.45, 2.75) is 71.6 Å². The van der Waals surface area contributed by atoms with Gasteiger partial charge in [-0.25, -0.2) is 8.42 Å². The Bertz CT molecular complexity index is 841. The third-order valence-electron chi connectivity index (χ3n) is 6.58. The molecule has 9 heteroatoms. The molecule has 0 bridgehead atoms. The van der Waals surface area contributed by atoms with Gasteiger partial charge >= 0.3 is 0 Å². The van der Waals surface area contributed by atoms with Crippen LogP contribution in [0.1, 0.15) is 37.7 Å². The molecular weight excluding hydrogens is 445 g/mol. The van der Waals surface area contributed by atoms with Crippen LogP contribution < -0.4 is 16.0 Å². The summed E-state index contributed by atoms with van der Waals surface area (Å²) in [4.78, 5) is 12.8. The summed E-state index contributed by atoms with van der Waals surface area (Å²) >= 11 is 12.4. The average Bonchev–Trinajstić information content (AvgIpc) is 3.16. The van der Waals surface area contributed by atoms with Crippen molar-refractivity contribution in [1.82, 2.24) is 16.0 Å². The van der Waals surface area contributed by atoms with Crippen molar-refractivity contribution in [3.05, 3.63) is 29.8 Å². The van der Waals surface area contributed by atoms with Gasteiger partial charge in [0, 0.05) is 23.3 Å². The molecule has 0 spiro atoms. The molecular formula is C21H29Cl2N3O3S. The first-order valence-corrected chi connectivity index (χ1v) is 13.1. The van der Waals surface area contributed by atoms with Gasteiger partial charge in [-0.3, -0.25) is 4.79 Å². The second-order valence-electron chi connectivity index (χ2n) is 8.74. The molecule has 2 aliphatic heterocycles. The van der Waals surface area contributed by atoms with Gasteiger partial charge in [-0.1, -0.05) is 12.1 Å². The first-order chi connectivity index (χ1) is 14.3. The number of carbonyl (C=O) groups excluding carboxylic acids is 1. The van der Waals surface area contributed by atoms with Crippen molar-refractivity contribution in [1.29, 1.82) is 0 Å². The third kappa shape index (κ3) is 4.96. The largest absolute Gasteiger partial charge is 0.351 e. The highest BCUT2D eigenvalue weighted by molar-refractivity contribution is 7.92. The van der Waals surface area contributed by atoms with Crippen LogP contribution in [-0.4, -0.2) is 55.5 Å². The molecule has 1 aromatic carbocycles. The number of benzene rings is 1. The molecule has 0 radical (unpaired) electrons. The van der Waals surface area contributed by atoms with Crippen LogP contribution in [0.2, 0.25) is 0 Å². The number of hydrogen-bond acceptors (Lipinski definition) is 5. The quantitative estimate of drug-likeness (QED) is 0.570. The second kappa shape index (κ2) is 9.33. The molecule has 1 aromatic rings. The van der Waals surface area contributed by atoms with E-state index in [2.05, 4.69) is 16.0 Å². The Hall–Kier alpha value is -0.860. The van der Waals surface area contributed by atoms with E-state index in [1.54, 1.807) is 24.3 Å². The molecule has 2 saturated heterocycles. The summed E-state index contributed by atoms with van der Waals surface area (Å²) in [5.74, 6) is 0.517. The maximum absolute atomic E-state index is 13.0. The Morgan fingerprint density at radius 2 is 1.77 bits per heavy atom. The van der Waals surface area contributed by atoms with Crippen LogP contribution in [0.4, 0.5) is 0 Å². The lowest BCUT2D eigenvalue weighted by Crippen LogP contribution is -2.45. The van der Waals surface area contributed by atoms with E-state index in [0.29, 0.717) is 37.8 Å². The Morgan fingerprint density at radius 3 is 2.43 bits per heavy atom. The molecule has 1 aliphatic carbocycles. The highest BCUT2D eigenvalue weighted by Gasteiger charge is 2.38. The zero-order chi connectivity index (χ0) is 21.3. The van der Waals surface area contributed by atoms with Gasteiger partial charge in [0.1, 0.15) is 0 Å². The highest BCUT2D eigenvalue weighted by Crippen LogP contribution is 2.34. The fourth-order valence-corrected chi connectivity index (χ4v) is 7.93. The molecule has 5 atom stereocenters. The summed E-state index contributed by atoms with van der Waals surface area (Å²) in [7, 11) is -3.47. The molecule has 1 saturated carbocycles. The van der Waals surface area contributed by atoms with Crippen LogP contribution in [0.5, 0.6) is 0 Å². The first kappa shape index (κ1) is 22.3. The van der Waals surface area contributed by atoms with Crippen LogP contribution in [0.15, 0.2) is 29.2 Å². The molecule has 3 fully saturated rings. The molecule has 30 heavy (non-hydrogen) atoms. The van der Waals surface area contributed by atoms with Crippen molar-refractivity contribution in [3.8, 4) is 0 Å². The van der Waals surface area contributed by atoms with Gasteiger partial charge in [0.05, 0.1) is 16.2 Å². The maximum atomic E-state index is 13.0. The number of halogens is 2. The van der Waals surface area contributed by atoms with Gasteiger partial charge in [-0.2, -0.15) is 0 Å². The number of alkyl halides is 2. The van der Waals surface area contributed by atoms with Crippen LogP contribution in [0.25, 0.3) is 0 Å². The smallest absolute Gasteiger partial charge is 0.237 e. The van der Waals surface area contributed by atoms with Crippen LogP contribution in [-0.2, 0) is 21.2 Å². The van der Waals surface area contributed by atoms with E-state index in [9.17, 15) is 13.2 Å². The van der Waals surface area contributed by atoms with Crippen LogP contribution >= 0.6 is 23.2 Å². The average molecular weight is 474 g/mol. The highest BCUT2D eigenvalue weighted by atomic mass is 35.5. The summed E-state index contributed by atoms with van der Waals surface area (Å²) in [5.41, 5.74) is 0.869. The summed E-state index contributed by atoms with van der Waals surface area (Å²) < 4.78 is 25.9. The Morgan fingerprint density at radius 1 is 1.07 bits per heavy atom. The van der Waals surface area contributed by atoms with Gasteiger partial charge in [0.15, 0.2) is 9.84 Å². The van der Waals surface area contributed by atoms with Crippen molar-refractivity contribution < 1.29 is 13.2 Å². The lowest BCUT2D eigenvalue weighted by atomic mass is 9.94. The number of rotatable bonds is 5. The maximum Gasteiger partial charge on any atom is 0.237 e. The standard InChI is InChI=1S/C21H29Cl2N3O3S/c22-15-8-16(23)10-18(9-15)30(28,29)17-3-1-13(2-4-17)11-25-21(27)20-7-14-12-24-6-5-19(14)26-20/h1-4,14-16,18-20,24,26H,5-12H2,(H,25,27). The minimum atomic E-state index is -3.47. The minimum Gasteiger partial charge on any atom is -0.351 e. The van der Waals surface area contributed by atoms with E-state index in [-0.39, 0.29) is 27.6 Å². The fraction of sp³-hybridized carbons (Fsp3) is 0.667. The molecule has 2 heterocycles. The second-order valence-corrected chi connectivity index (χ2v) is 12.2. The van der Waals surface area contributed by atoms with E-state index in [4.69, 9.17) is 23.2 Å². The fourth-order valence-electron chi connectivity index (χ4n) is 4.89. The summed E-state index contributed by atoms with van der Waals surface area (Å²) in [6.07, 6.45) is 3.40. The Kier molecular flexibility index (Phi) is 6.95. The SMILES string of the molecule is O=C(NCc1ccc(S(=O)(=O)C2CC(Cl)CC(Cl)C2)cc1)C1CC2CNCCC2N1. The predicted molar refractivity (Wildman–Crippen MR) is 119 cm³/mol. The van der Waals surface area contributed by atoms with Gasteiger partial charge in [-0.05, 0) is 68.8 Å². The summed E-state index contributed by atoms with van der Waals surface area (Å²) in [6.45, 7) is 2.34. The van der Waals surface area contributed by atoms with Crippen molar-refractivity contribution in [3.63, 3.8) is 0 Å². The molecule has 0 aromatic heterocycles. The van der Waals surface area contributed by atoms with Gasteiger partial charge in [0.2, 0.25) is 5.91 Å². The van der Waals surface area contributed by atoms with Crippen molar-refractivity contribution in [2.24, 2.45) is 5.92 Å². The summed E-state index contributed by atoms with van der Waals surface area (Å²) in [5, 5.41) is 8.84. The lowest BCUT2D eigenvalue weighted by Gasteiger charge is -2.28. The van der Waals surface area contributed by atoms with E-state index >= 15 is 0 Å². The van der Waals surface area contributed by atoms with Crippen molar-refractivity contribution >= 4 is 38.9 Å². The van der Waals surface area contributed by atoms with E-state index in [0.717, 1.165) is 31.5 Å². The Balaban J connectivity index is 1.33. The molecule has 6 nitrogen and oxygen atoms in total. The molecule has 3 aliphatic rings. The van der Waals surface area contributed by atoms with Crippen molar-refractivity contribution in [2.75, 3.05) is 13.1 Å². The van der Waals surface area contributed by atoms with E-state index in [1.165, 1.54) is 0 Å². The number of nitrogens with one attached hydrogen (secondary N) is 3. The van der Waals surface area contributed by atoms with Crippen LogP contribution in [0.3, 0.4) is 0 Å². The Labute approximate surface area is 188 Å². The predicted octanol–water partition coefficient (Wildman–Crippen LogP) is 2.18. The van der Waals surface area contributed by atoms with E-state index < -0.39 is 15.1 Å². The van der Waals surface area contributed by atoms with Gasteiger partial charge in [-0.15, -0.1) is 23.2 Å². The van der Waals surface area contributed by atoms with Crippen LogP contribution in [0, 0.1) is 5.92 Å². The number of amides is 1. The number of fused-ring (bicyclic) bond motifs is 1. The molecule has 5 unspecified atom stereocenters. The number of carbonyl (C=O) groups is 1. The monoisotopic (exact) mass is 473 g/mol. The molecule has 166 valence electrons. The summed E-state index contributed by atoms with van der Waals surface area (Å²) in [6, 6.07) is 7.03. The minimum absolute atomic E-state index is 0.00427. The zero-order valence-corrected chi connectivity index (χ0v) is 19.1. The third-order valence-corrected chi connectivity index (χ3v) is 9.49. The first-order valence-electron chi connectivity index (χ1n) is 10.7. The number of piperidine rings is 1. The lowest BCUT2D eigenvalue weighted by molar-refractivity contribution is -0.123. The van der Waals surface area contributed by atoms with Gasteiger partial charge in [0.25, 0.3) is 0 Å². The molecule has 3 N–H and O–H groups in total. The molecule has 4 rings (SSSR count). The normalized spacial score (nSPS) is 34.3. The number of sulfone groups is 1. The zero-order valence-electron chi connectivity index (χ0n) is 16.8. The topological polar surface area (TPSA) is 87.3 Å². The van der Waals surface area contributed by atoms with E-state index in [1.807, 2.05) is 0 Å². The van der Waals surface area contributed by atoms with Gasteiger partial charge < -0.3 is 16.0 Å². The molecule has 1 amide bonds. The number of hydrogen-bond donors (Lipinski definition) is 3.